The van der Waals surface area contributed by atoms with Gasteiger partial charge < -0.3 is 19.9 Å². The lowest BCUT2D eigenvalue weighted by atomic mass is 10.1. The van der Waals surface area contributed by atoms with E-state index in [1.54, 1.807) is 18.2 Å². The van der Waals surface area contributed by atoms with Crippen LogP contribution in [0.5, 0.6) is 5.75 Å². The molecular weight excluding hydrogens is 426 g/mol. The van der Waals surface area contributed by atoms with Crippen LogP contribution < -0.4 is 15.0 Å². The van der Waals surface area contributed by atoms with E-state index >= 15 is 0 Å². The van der Waals surface area contributed by atoms with E-state index < -0.39 is 0 Å². The van der Waals surface area contributed by atoms with Crippen molar-refractivity contribution in [2.75, 3.05) is 43.0 Å². The molecule has 1 aliphatic rings. The number of nitrogens with one attached hydrogen (secondary N) is 1. The molecule has 2 amide bonds. The van der Waals surface area contributed by atoms with Crippen LogP contribution in [0.15, 0.2) is 42.5 Å². The van der Waals surface area contributed by atoms with Gasteiger partial charge in [0.15, 0.2) is 0 Å². The molecule has 1 heterocycles. The smallest absolute Gasteiger partial charge is 0.255 e. The van der Waals surface area contributed by atoms with Crippen molar-refractivity contribution in [2.45, 2.75) is 39.5 Å². The molecule has 0 bridgehead atoms. The minimum Gasteiger partial charge on any atom is -0.494 e. The number of carbonyl (C=O) groups is 2. The molecule has 1 saturated heterocycles. The third-order valence-corrected chi connectivity index (χ3v) is 5.76. The lowest BCUT2D eigenvalue weighted by Gasteiger charge is -2.37. The Hall–Kier alpha value is -2.73. The molecule has 2 aromatic carbocycles. The van der Waals surface area contributed by atoms with Gasteiger partial charge in [-0.1, -0.05) is 31.9 Å². The Kier molecular flexibility index (Phi) is 8.80. The number of carbonyl (C=O) groups excluding carboxylic acids is 2. The molecular formula is C25H32ClN3O3. The van der Waals surface area contributed by atoms with E-state index in [4.69, 9.17) is 16.3 Å². The summed E-state index contributed by atoms with van der Waals surface area (Å²) >= 11 is 6.23. The number of hydrogen-bond acceptors (Lipinski definition) is 4. The lowest BCUT2D eigenvalue weighted by molar-refractivity contribution is -0.131. The van der Waals surface area contributed by atoms with E-state index in [-0.39, 0.29) is 11.8 Å². The minimum atomic E-state index is -0.203. The maximum atomic E-state index is 12.9. The van der Waals surface area contributed by atoms with Gasteiger partial charge in [-0.15, -0.1) is 0 Å². The summed E-state index contributed by atoms with van der Waals surface area (Å²) in [5.74, 6) is 0.762. The van der Waals surface area contributed by atoms with Crippen LogP contribution in [-0.2, 0) is 4.79 Å². The standard InChI is InChI=1S/C25H32ClN3O3/c1-3-5-17-32-21-10-7-19(8-11-21)25(31)27-22-18-20(26)9-12-23(22)28-13-15-29(16-14-28)24(30)6-4-2/h7-12,18H,3-6,13-17H2,1-2H3,(H,27,31). The topological polar surface area (TPSA) is 61.9 Å². The Balaban J connectivity index is 1.66. The van der Waals surface area contributed by atoms with Gasteiger partial charge in [-0.05, 0) is 55.3 Å². The molecule has 7 heteroatoms. The molecule has 32 heavy (non-hydrogen) atoms. The van der Waals surface area contributed by atoms with Crippen LogP contribution >= 0.6 is 11.6 Å². The van der Waals surface area contributed by atoms with Crippen molar-refractivity contribution in [2.24, 2.45) is 0 Å². The van der Waals surface area contributed by atoms with E-state index in [2.05, 4.69) is 17.1 Å². The summed E-state index contributed by atoms with van der Waals surface area (Å²) in [5, 5.41) is 3.56. The molecule has 0 spiro atoms. The Morgan fingerprint density at radius 2 is 1.72 bits per heavy atom. The zero-order chi connectivity index (χ0) is 22.9. The molecule has 0 radical (unpaired) electrons. The molecule has 2 aromatic rings. The fraction of sp³-hybridized carbons (Fsp3) is 0.440. The highest BCUT2D eigenvalue weighted by atomic mass is 35.5. The van der Waals surface area contributed by atoms with Crippen molar-refractivity contribution < 1.29 is 14.3 Å². The van der Waals surface area contributed by atoms with Gasteiger partial charge in [0, 0.05) is 43.2 Å². The first kappa shape index (κ1) is 23.9. The van der Waals surface area contributed by atoms with Gasteiger partial charge >= 0.3 is 0 Å². The molecule has 3 rings (SSSR count). The second-order valence-corrected chi connectivity index (χ2v) is 8.40. The summed E-state index contributed by atoms with van der Waals surface area (Å²) in [5.41, 5.74) is 2.12. The van der Waals surface area contributed by atoms with Gasteiger partial charge in [0.25, 0.3) is 5.91 Å². The van der Waals surface area contributed by atoms with Crippen LogP contribution in [0.3, 0.4) is 0 Å². The summed E-state index contributed by atoms with van der Waals surface area (Å²) in [6.45, 7) is 7.58. The van der Waals surface area contributed by atoms with E-state index in [1.807, 2.05) is 36.1 Å². The maximum absolute atomic E-state index is 12.9. The Labute approximate surface area is 195 Å². The largest absolute Gasteiger partial charge is 0.494 e. The van der Waals surface area contributed by atoms with Gasteiger partial charge in [-0.25, -0.2) is 0 Å². The van der Waals surface area contributed by atoms with Crippen molar-refractivity contribution in [3.63, 3.8) is 0 Å². The highest BCUT2D eigenvalue weighted by Gasteiger charge is 2.23. The number of piperazine rings is 1. The number of ether oxygens (including phenoxy) is 1. The van der Waals surface area contributed by atoms with Crippen LogP contribution in [-0.4, -0.2) is 49.5 Å². The predicted molar refractivity (Wildman–Crippen MR) is 130 cm³/mol. The lowest BCUT2D eigenvalue weighted by Crippen LogP contribution is -2.48. The summed E-state index contributed by atoms with van der Waals surface area (Å²) in [6.07, 6.45) is 3.52. The molecule has 0 aliphatic carbocycles. The molecule has 1 N–H and O–H groups in total. The third kappa shape index (κ3) is 6.39. The van der Waals surface area contributed by atoms with Crippen molar-refractivity contribution in [3.8, 4) is 5.75 Å². The van der Waals surface area contributed by atoms with E-state index in [0.717, 1.165) is 30.7 Å². The first-order chi connectivity index (χ1) is 15.5. The highest BCUT2D eigenvalue weighted by molar-refractivity contribution is 6.31. The minimum absolute atomic E-state index is 0.203. The molecule has 172 valence electrons. The molecule has 0 atom stereocenters. The van der Waals surface area contributed by atoms with Gasteiger partial charge in [0.05, 0.1) is 18.0 Å². The van der Waals surface area contributed by atoms with Gasteiger partial charge in [-0.3, -0.25) is 9.59 Å². The second kappa shape index (κ2) is 11.8. The third-order valence-electron chi connectivity index (χ3n) is 5.53. The van der Waals surface area contributed by atoms with Crippen molar-refractivity contribution >= 4 is 34.8 Å². The summed E-state index contributed by atoms with van der Waals surface area (Å²) < 4.78 is 5.67. The molecule has 0 aromatic heterocycles. The monoisotopic (exact) mass is 457 g/mol. The quantitative estimate of drug-likeness (QED) is 0.524. The Morgan fingerprint density at radius 3 is 2.38 bits per heavy atom. The van der Waals surface area contributed by atoms with E-state index in [1.165, 1.54) is 0 Å². The Morgan fingerprint density at radius 1 is 1.00 bits per heavy atom. The van der Waals surface area contributed by atoms with Gasteiger partial charge in [-0.2, -0.15) is 0 Å². The van der Waals surface area contributed by atoms with E-state index in [0.29, 0.717) is 55.5 Å². The molecule has 1 aliphatic heterocycles. The number of amides is 2. The number of benzene rings is 2. The number of rotatable bonds is 9. The van der Waals surface area contributed by atoms with Crippen molar-refractivity contribution in [1.29, 1.82) is 0 Å². The summed E-state index contributed by atoms with van der Waals surface area (Å²) in [7, 11) is 0. The van der Waals surface area contributed by atoms with Gasteiger partial charge in [0.1, 0.15) is 5.75 Å². The average molecular weight is 458 g/mol. The van der Waals surface area contributed by atoms with Crippen LogP contribution in [0.25, 0.3) is 0 Å². The fourth-order valence-electron chi connectivity index (χ4n) is 3.68. The zero-order valence-corrected chi connectivity index (χ0v) is 19.7. The van der Waals surface area contributed by atoms with Crippen LogP contribution in [0.2, 0.25) is 5.02 Å². The SMILES string of the molecule is CCCCOc1ccc(C(=O)Nc2cc(Cl)ccc2N2CCN(C(=O)CCC)CC2)cc1. The number of hydrogen-bond donors (Lipinski definition) is 1. The van der Waals surface area contributed by atoms with Crippen LogP contribution in [0.1, 0.15) is 49.9 Å². The van der Waals surface area contributed by atoms with Crippen molar-refractivity contribution in [3.05, 3.63) is 53.1 Å². The molecule has 1 fully saturated rings. The summed E-state index contributed by atoms with van der Waals surface area (Å²) in [6, 6.07) is 12.7. The highest BCUT2D eigenvalue weighted by Crippen LogP contribution is 2.30. The van der Waals surface area contributed by atoms with Crippen molar-refractivity contribution in [1.82, 2.24) is 4.90 Å². The van der Waals surface area contributed by atoms with Crippen LogP contribution in [0.4, 0.5) is 11.4 Å². The molecule has 0 unspecified atom stereocenters. The number of anilines is 2. The maximum Gasteiger partial charge on any atom is 0.255 e. The Bertz CT molecular complexity index is 909. The molecule has 6 nitrogen and oxygen atoms in total. The fourth-order valence-corrected chi connectivity index (χ4v) is 3.86. The predicted octanol–water partition coefficient (Wildman–Crippen LogP) is 5.22. The number of unbranched alkanes of at least 4 members (excludes halogenated alkanes) is 1. The number of halogens is 1. The summed E-state index contributed by atoms with van der Waals surface area (Å²) in [4.78, 5) is 29.2. The second-order valence-electron chi connectivity index (χ2n) is 7.96. The van der Waals surface area contributed by atoms with Gasteiger partial charge in [0.2, 0.25) is 5.91 Å². The zero-order valence-electron chi connectivity index (χ0n) is 18.9. The van der Waals surface area contributed by atoms with Crippen LogP contribution in [0, 0.1) is 0 Å². The van der Waals surface area contributed by atoms with E-state index in [9.17, 15) is 9.59 Å². The average Bonchev–Trinajstić information content (AvgIpc) is 2.80. The number of nitrogens with zero attached hydrogens (tertiary/aromatic N) is 2. The normalized spacial score (nSPS) is 13.7. The first-order valence-corrected chi connectivity index (χ1v) is 11.8. The molecule has 0 saturated carbocycles. The first-order valence-electron chi connectivity index (χ1n) is 11.4.